The molecular formula is C47H47BrN6O9S. The maximum Gasteiger partial charge on any atom is 0.326 e. The third kappa shape index (κ3) is 13.9. The number of aliphatic hydroxyl groups is 1. The largest absolute Gasteiger partial charge is 0.480 e. The number of carboxylic acids is 1. The first-order valence-electron chi connectivity index (χ1n) is 20.5. The Balaban J connectivity index is 1.37. The van der Waals surface area contributed by atoms with E-state index < -0.39 is 84.1 Å². The van der Waals surface area contributed by atoms with Crippen LogP contribution in [0.2, 0.25) is 0 Å². The first-order valence-corrected chi connectivity index (χ1v) is 22.1. The molecule has 4 aromatic carbocycles. The summed E-state index contributed by atoms with van der Waals surface area (Å²) in [6.07, 6.45) is -2.74. The molecule has 5 aromatic rings. The Bertz CT molecular complexity index is 2400. The number of thiophene rings is 1. The maximum absolute atomic E-state index is 14.5. The zero-order valence-corrected chi connectivity index (χ0v) is 36.8. The van der Waals surface area contributed by atoms with Crippen molar-refractivity contribution in [1.82, 2.24) is 26.6 Å². The van der Waals surface area contributed by atoms with E-state index in [0.29, 0.717) is 22.3 Å². The molecule has 0 saturated carbocycles. The minimum absolute atomic E-state index is 0.0209. The number of amides is 6. The van der Waals surface area contributed by atoms with Crippen LogP contribution in [-0.4, -0.2) is 87.9 Å². The Hall–Kier alpha value is -6.69. The van der Waals surface area contributed by atoms with Crippen LogP contribution in [0.3, 0.4) is 0 Å². The van der Waals surface area contributed by atoms with Gasteiger partial charge >= 0.3 is 5.97 Å². The second-order valence-corrected chi connectivity index (χ2v) is 17.3. The molecule has 2 aliphatic rings. The van der Waals surface area contributed by atoms with Crippen LogP contribution in [0.4, 0.5) is 5.69 Å². The van der Waals surface area contributed by atoms with Gasteiger partial charge in [-0.15, -0.1) is 11.3 Å². The van der Waals surface area contributed by atoms with Gasteiger partial charge in [-0.2, -0.15) is 0 Å². The van der Waals surface area contributed by atoms with E-state index in [1.807, 2.05) is 0 Å². The van der Waals surface area contributed by atoms with Gasteiger partial charge in [-0.05, 0) is 58.0 Å². The number of nitrogens with one attached hydrogen (secondary N) is 6. The Morgan fingerprint density at radius 3 is 1.78 bits per heavy atom. The second-order valence-electron chi connectivity index (χ2n) is 15.3. The van der Waals surface area contributed by atoms with Gasteiger partial charge in [-0.3, -0.25) is 28.8 Å². The molecule has 0 aliphatic carbocycles. The lowest BCUT2D eigenvalue weighted by molar-refractivity contribution is -0.142. The molecule has 6 amide bonds. The third-order valence-corrected chi connectivity index (χ3v) is 11.8. The molecule has 2 aliphatic heterocycles. The highest BCUT2D eigenvalue weighted by atomic mass is 79.9. The highest BCUT2D eigenvalue weighted by Gasteiger charge is 2.34. The Morgan fingerprint density at radius 1 is 0.641 bits per heavy atom. The number of carboxylic acid groups (broad SMARTS) is 1. The summed E-state index contributed by atoms with van der Waals surface area (Å²) in [6, 6.07) is 27.7. The molecule has 3 heterocycles. The molecule has 8 N–H and O–H groups in total. The van der Waals surface area contributed by atoms with Gasteiger partial charge in [0.25, 0.3) is 5.91 Å². The first-order chi connectivity index (χ1) is 30.8. The van der Waals surface area contributed by atoms with E-state index in [2.05, 4.69) is 47.8 Å². The average molecular weight is 952 g/mol. The zero-order chi connectivity index (χ0) is 45.6. The van der Waals surface area contributed by atoms with E-state index in [4.69, 9.17) is 0 Å². The second kappa shape index (κ2) is 22.6. The molecule has 1 aromatic heterocycles. The number of benzene rings is 4. The van der Waals surface area contributed by atoms with E-state index >= 15 is 0 Å². The van der Waals surface area contributed by atoms with Crippen LogP contribution in [0.1, 0.15) is 33.6 Å². The van der Waals surface area contributed by atoms with Gasteiger partial charge < -0.3 is 42.1 Å². The molecule has 64 heavy (non-hydrogen) atoms. The Labute approximate surface area is 381 Å². The van der Waals surface area contributed by atoms with Crippen LogP contribution in [0.25, 0.3) is 0 Å². The fraction of sp³-hybridized carbons (Fsp3) is 0.255. The normalized spacial score (nSPS) is 20.6. The van der Waals surface area contributed by atoms with Gasteiger partial charge in [-0.1, -0.05) is 107 Å². The maximum atomic E-state index is 14.5. The highest BCUT2D eigenvalue weighted by Crippen LogP contribution is 2.17. The van der Waals surface area contributed by atoms with Crippen molar-refractivity contribution in [2.45, 2.75) is 74.8 Å². The summed E-state index contributed by atoms with van der Waals surface area (Å²) in [6.45, 7) is 0. The van der Waals surface area contributed by atoms with E-state index in [1.54, 1.807) is 115 Å². The molecule has 332 valence electrons. The molecule has 0 unspecified atom stereocenters. The SMILES string of the molecule is O=C1C[C@@H](O)C(=O)Nc2ccc(cc2)C[C@H](C(=O)N[C@@H](Cc2ccccc2)C(=O)O)NC(=O)[C@H](Cc2ccccc2)NC(=O)[C@@H](Cc2ccc(Br)cc2)NC(=O)[C@H](Cc2cccs2)N1. The smallest absolute Gasteiger partial charge is 0.326 e. The van der Waals surface area contributed by atoms with E-state index in [0.717, 1.165) is 9.35 Å². The summed E-state index contributed by atoms with van der Waals surface area (Å²) in [7, 11) is 0. The predicted molar refractivity (Wildman–Crippen MR) is 243 cm³/mol. The quantitative estimate of drug-likeness (QED) is 0.0908. The molecular weight excluding hydrogens is 905 g/mol. The van der Waals surface area contributed by atoms with Gasteiger partial charge in [0.1, 0.15) is 36.3 Å². The highest BCUT2D eigenvalue weighted by molar-refractivity contribution is 9.10. The number of fused-ring (bicyclic) bond motifs is 18. The van der Waals surface area contributed by atoms with Crippen molar-refractivity contribution in [2.75, 3.05) is 5.32 Å². The Kier molecular flexibility index (Phi) is 16.5. The molecule has 0 spiro atoms. The zero-order valence-electron chi connectivity index (χ0n) is 34.4. The van der Waals surface area contributed by atoms with Crippen molar-refractivity contribution in [3.8, 4) is 0 Å². The van der Waals surface area contributed by atoms with E-state index in [-0.39, 0.29) is 37.8 Å². The molecule has 0 radical (unpaired) electrons. The van der Waals surface area contributed by atoms with E-state index in [1.165, 1.54) is 23.5 Å². The fourth-order valence-corrected chi connectivity index (χ4v) is 8.04. The number of aliphatic hydroxyl groups excluding tert-OH is 1. The molecule has 6 atom stereocenters. The lowest BCUT2D eigenvalue weighted by Gasteiger charge is -2.27. The average Bonchev–Trinajstić information content (AvgIpc) is 3.80. The molecule has 7 rings (SSSR count). The number of anilines is 1. The van der Waals surface area contributed by atoms with Gasteiger partial charge in [0.05, 0.1) is 6.42 Å². The minimum atomic E-state index is -1.81. The molecule has 17 heteroatoms. The molecule has 0 saturated heterocycles. The van der Waals surface area contributed by atoms with Crippen molar-refractivity contribution in [3.63, 3.8) is 0 Å². The summed E-state index contributed by atoms with van der Waals surface area (Å²) in [5.74, 6) is -6.07. The van der Waals surface area contributed by atoms with Crippen LogP contribution >= 0.6 is 27.3 Å². The Morgan fingerprint density at radius 2 is 1.20 bits per heavy atom. The number of hydrogen-bond acceptors (Lipinski definition) is 9. The number of halogens is 1. The van der Waals surface area contributed by atoms with Crippen molar-refractivity contribution in [3.05, 3.63) is 158 Å². The van der Waals surface area contributed by atoms with Crippen molar-refractivity contribution in [2.24, 2.45) is 0 Å². The van der Waals surface area contributed by atoms with Gasteiger partial charge in [-0.25, -0.2) is 4.79 Å². The first kappa shape index (κ1) is 46.8. The molecule has 15 nitrogen and oxygen atoms in total. The van der Waals surface area contributed by atoms with Gasteiger partial charge in [0, 0.05) is 47.1 Å². The summed E-state index contributed by atoms with van der Waals surface area (Å²) in [4.78, 5) is 97.0. The molecule has 2 bridgehead atoms. The topological polar surface area (TPSA) is 232 Å². The number of aliphatic carboxylic acids is 1. The van der Waals surface area contributed by atoms with Crippen LogP contribution in [0.15, 0.2) is 131 Å². The number of carbonyl (C=O) groups excluding carboxylic acids is 6. The molecule has 0 fully saturated rings. The van der Waals surface area contributed by atoms with Crippen molar-refractivity contribution >= 4 is 74.4 Å². The van der Waals surface area contributed by atoms with Crippen molar-refractivity contribution in [1.29, 1.82) is 0 Å². The summed E-state index contributed by atoms with van der Waals surface area (Å²) >= 11 is 4.75. The minimum Gasteiger partial charge on any atom is -0.480 e. The van der Waals surface area contributed by atoms with Crippen LogP contribution in [-0.2, 0) is 65.7 Å². The van der Waals surface area contributed by atoms with Gasteiger partial charge in [0.2, 0.25) is 29.5 Å². The predicted octanol–water partition coefficient (Wildman–Crippen LogP) is 3.24. The van der Waals surface area contributed by atoms with E-state index in [9.17, 15) is 43.8 Å². The summed E-state index contributed by atoms with van der Waals surface area (Å²) < 4.78 is 0.773. The number of carbonyl (C=O) groups is 7. The third-order valence-electron chi connectivity index (χ3n) is 10.4. The van der Waals surface area contributed by atoms with Crippen molar-refractivity contribution < 1.29 is 43.8 Å². The monoisotopic (exact) mass is 950 g/mol. The fourth-order valence-electron chi connectivity index (χ4n) is 7.02. The van der Waals surface area contributed by atoms with Gasteiger partial charge in [0.15, 0.2) is 0 Å². The van der Waals surface area contributed by atoms with Crippen LogP contribution < -0.4 is 31.9 Å². The number of hydrogen-bond donors (Lipinski definition) is 8. The summed E-state index contributed by atoms with van der Waals surface area (Å²) in [5.41, 5.74) is 2.71. The summed E-state index contributed by atoms with van der Waals surface area (Å²) in [5, 5.41) is 38.8. The standard InChI is InChI=1S/C47H47BrN6O9S/c48-32-17-13-30(14-18-32)23-36-43(58)51-35(22-28-8-3-1-4-9-28)42(57)52-37(44(59)54-39(47(62)63)25-29-10-5-2-6-11-29)24-31-15-19-33(20-16-31)49-46(61)40(55)27-41(56)50-38(45(60)53-36)26-34-12-7-21-64-34/h1-21,35-40,55H,22-27H2,(H,49,61)(H,50,56)(H,51,58)(H,52,57)(H,53,60)(H,54,59)(H,62,63)/t35-,36+,37+,38-,39-,40+/m0/s1. The van der Waals surface area contributed by atoms with Crippen LogP contribution in [0.5, 0.6) is 0 Å². The lowest BCUT2D eigenvalue weighted by Crippen LogP contribution is -2.60. The lowest BCUT2D eigenvalue weighted by atomic mass is 10.00. The number of rotatable bonds is 11. The van der Waals surface area contributed by atoms with Crippen LogP contribution in [0, 0.1) is 0 Å².